The Morgan fingerprint density at radius 2 is 1.67 bits per heavy atom. The van der Waals surface area contributed by atoms with Gasteiger partial charge in [-0.05, 0) is 42.9 Å². The third-order valence-corrected chi connectivity index (χ3v) is 4.80. The Bertz CT molecular complexity index is 721. The number of hydrogen-bond donors (Lipinski definition) is 0. The van der Waals surface area contributed by atoms with E-state index >= 15 is 0 Å². The highest BCUT2D eigenvalue weighted by atomic mass is 16.5. The van der Waals surface area contributed by atoms with Gasteiger partial charge in [0.05, 0.1) is 0 Å². The summed E-state index contributed by atoms with van der Waals surface area (Å²) in [6.45, 7) is 7.17. The van der Waals surface area contributed by atoms with Crippen LogP contribution in [-0.2, 0) is 14.3 Å². The van der Waals surface area contributed by atoms with Crippen molar-refractivity contribution < 1.29 is 14.3 Å². The fraction of sp³-hybridized carbons (Fsp3) is 0.500. The number of likely N-dealkylation sites (tertiary alicyclic amines) is 1. The Labute approximate surface area is 161 Å². The molecule has 1 atom stereocenters. The third-order valence-electron chi connectivity index (χ3n) is 4.80. The lowest BCUT2D eigenvalue weighted by molar-refractivity contribution is -0.155. The Morgan fingerprint density at radius 1 is 1.07 bits per heavy atom. The number of carbonyl (C=O) groups is 2. The smallest absolute Gasteiger partial charge is 0.349 e. The van der Waals surface area contributed by atoms with Crippen LogP contribution in [0.15, 0.2) is 29.8 Å². The fourth-order valence-electron chi connectivity index (χ4n) is 3.10. The van der Waals surface area contributed by atoms with E-state index in [-0.39, 0.29) is 11.5 Å². The molecule has 0 bridgehead atoms. The van der Waals surface area contributed by atoms with E-state index in [1.807, 2.05) is 30.3 Å². The van der Waals surface area contributed by atoms with Crippen molar-refractivity contribution in [1.29, 1.82) is 5.26 Å². The maximum Gasteiger partial charge on any atom is 0.349 e. The first-order valence-corrected chi connectivity index (χ1v) is 9.64. The van der Waals surface area contributed by atoms with Gasteiger partial charge >= 0.3 is 5.97 Å². The molecule has 1 saturated heterocycles. The normalized spacial score (nSPS) is 16.4. The number of carbonyl (C=O) groups excluding carboxylic acids is 2. The minimum Gasteiger partial charge on any atom is -0.448 e. The van der Waals surface area contributed by atoms with Crippen LogP contribution in [0.1, 0.15) is 63.5 Å². The van der Waals surface area contributed by atoms with Crippen molar-refractivity contribution >= 4 is 18.0 Å². The number of nitriles is 1. The molecular formula is C22H28N2O3. The van der Waals surface area contributed by atoms with Gasteiger partial charge in [0, 0.05) is 13.1 Å². The van der Waals surface area contributed by atoms with E-state index in [0.29, 0.717) is 19.0 Å². The topological polar surface area (TPSA) is 70.4 Å². The van der Waals surface area contributed by atoms with Crippen molar-refractivity contribution in [2.45, 2.75) is 58.5 Å². The summed E-state index contributed by atoms with van der Waals surface area (Å²) in [6.07, 6.45) is 4.79. The lowest BCUT2D eigenvalue weighted by Crippen LogP contribution is -2.40. The van der Waals surface area contributed by atoms with E-state index in [2.05, 4.69) is 13.8 Å². The summed E-state index contributed by atoms with van der Waals surface area (Å²) in [5, 5.41) is 9.32. The van der Waals surface area contributed by atoms with Crippen LogP contribution in [0.5, 0.6) is 0 Å². The van der Waals surface area contributed by atoms with Gasteiger partial charge in [-0.2, -0.15) is 5.26 Å². The molecular weight excluding hydrogens is 340 g/mol. The number of rotatable bonds is 5. The molecule has 5 heteroatoms. The van der Waals surface area contributed by atoms with Gasteiger partial charge in [0.2, 0.25) is 0 Å². The van der Waals surface area contributed by atoms with Gasteiger partial charge < -0.3 is 9.64 Å². The third kappa shape index (κ3) is 5.96. The van der Waals surface area contributed by atoms with Gasteiger partial charge in [-0.3, -0.25) is 4.79 Å². The van der Waals surface area contributed by atoms with Crippen LogP contribution >= 0.6 is 0 Å². The predicted molar refractivity (Wildman–Crippen MR) is 105 cm³/mol. The van der Waals surface area contributed by atoms with E-state index in [1.165, 1.54) is 11.6 Å². The average Bonchev–Trinajstić information content (AvgIpc) is 2.95. The number of benzene rings is 1. The number of amides is 1. The van der Waals surface area contributed by atoms with Crippen LogP contribution < -0.4 is 0 Å². The van der Waals surface area contributed by atoms with Gasteiger partial charge in [-0.15, -0.1) is 0 Å². The van der Waals surface area contributed by atoms with E-state index in [1.54, 1.807) is 11.8 Å². The van der Waals surface area contributed by atoms with Crippen LogP contribution in [0.25, 0.3) is 6.08 Å². The standard InChI is InChI=1S/C22H28N2O3/c1-16(2)19-10-8-18(9-11-19)14-20(15-23)22(26)27-17(3)21(25)24-12-6-4-5-7-13-24/h8-11,14,16-17H,4-7,12-13H2,1-3H3/b20-14+/t17-/m0/s1. The molecule has 2 rings (SSSR count). The summed E-state index contributed by atoms with van der Waals surface area (Å²) in [7, 11) is 0. The molecule has 0 unspecified atom stereocenters. The van der Waals surface area contributed by atoms with E-state index in [0.717, 1.165) is 31.2 Å². The largest absolute Gasteiger partial charge is 0.448 e. The van der Waals surface area contributed by atoms with Crippen molar-refractivity contribution in [2.75, 3.05) is 13.1 Å². The van der Waals surface area contributed by atoms with Crippen molar-refractivity contribution in [1.82, 2.24) is 4.90 Å². The molecule has 1 aliphatic heterocycles. The highest BCUT2D eigenvalue weighted by Gasteiger charge is 2.25. The molecule has 0 aromatic heterocycles. The van der Waals surface area contributed by atoms with Gasteiger partial charge in [0.15, 0.2) is 6.10 Å². The Kier molecular flexibility index (Phi) is 7.60. The minimum absolute atomic E-state index is 0.109. The van der Waals surface area contributed by atoms with Crippen LogP contribution in [0.2, 0.25) is 0 Å². The maximum absolute atomic E-state index is 12.5. The van der Waals surface area contributed by atoms with E-state index in [9.17, 15) is 14.9 Å². The zero-order chi connectivity index (χ0) is 19.8. The molecule has 1 aromatic rings. The summed E-state index contributed by atoms with van der Waals surface area (Å²) in [5.41, 5.74) is 1.83. The first kappa shape index (κ1) is 20.7. The molecule has 0 N–H and O–H groups in total. The van der Waals surface area contributed by atoms with Crippen LogP contribution in [0.3, 0.4) is 0 Å². The second-order valence-electron chi connectivity index (χ2n) is 7.28. The lowest BCUT2D eigenvalue weighted by Gasteiger charge is -2.23. The molecule has 1 amide bonds. The molecule has 5 nitrogen and oxygen atoms in total. The monoisotopic (exact) mass is 368 g/mol. The number of esters is 1. The Morgan fingerprint density at radius 3 is 2.19 bits per heavy atom. The van der Waals surface area contributed by atoms with Gasteiger partial charge in [-0.1, -0.05) is 51.0 Å². The highest BCUT2D eigenvalue weighted by molar-refractivity contribution is 5.99. The zero-order valence-corrected chi connectivity index (χ0v) is 16.4. The molecule has 0 aliphatic carbocycles. The molecule has 1 heterocycles. The molecule has 1 fully saturated rings. The quantitative estimate of drug-likeness (QED) is 0.446. The average molecular weight is 368 g/mol. The fourth-order valence-corrected chi connectivity index (χ4v) is 3.10. The summed E-state index contributed by atoms with van der Waals surface area (Å²) in [5.74, 6) is -0.542. The van der Waals surface area contributed by atoms with Crippen LogP contribution in [-0.4, -0.2) is 36.0 Å². The zero-order valence-electron chi connectivity index (χ0n) is 16.4. The van der Waals surface area contributed by atoms with Gasteiger partial charge in [0.25, 0.3) is 5.91 Å². The summed E-state index contributed by atoms with van der Waals surface area (Å²) in [6, 6.07) is 9.57. The first-order valence-electron chi connectivity index (χ1n) is 9.64. The van der Waals surface area contributed by atoms with Crippen molar-refractivity contribution in [3.05, 3.63) is 41.0 Å². The highest BCUT2D eigenvalue weighted by Crippen LogP contribution is 2.17. The van der Waals surface area contributed by atoms with Crippen molar-refractivity contribution in [3.63, 3.8) is 0 Å². The lowest BCUT2D eigenvalue weighted by atomic mass is 10.0. The van der Waals surface area contributed by atoms with E-state index in [4.69, 9.17) is 4.74 Å². The number of hydrogen-bond acceptors (Lipinski definition) is 4. The number of nitrogens with zero attached hydrogens (tertiary/aromatic N) is 2. The summed E-state index contributed by atoms with van der Waals surface area (Å²) < 4.78 is 5.27. The summed E-state index contributed by atoms with van der Waals surface area (Å²) in [4.78, 5) is 26.6. The molecule has 0 saturated carbocycles. The van der Waals surface area contributed by atoms with Gasteiger partial charge in [-0.25, -0.2) is 4.79 Å². The molecule has 144 valence electrons. The second kappa shape index (κ2) is 9.91. The van der Waals surface area contributed by atoms with Gasteiger partial charge in [0.1, 0.15) is 11.6 Å². The minimum atomic E-state index is -0.893. The molecule has 0 radical (unpaired) electrons. The number of ether oxygens (including phenoxy) is 1. The van der Waals surface area contributed by atoms with Crippen molar-refractivity contribution in [3.8, 4) is 6.07 Å². The van der Waals surface area contributed by atoms with Crippen LogP contribution in [0.4, 0.5) is 0 Å². The molecule has 27 heavy (non-hydrogen) atoms. The SMILES string of the molecule is CC(C)c1ccc(/C=C(\C#N)C(=O)O[C@@H](C)C(=O)N2CCCCCC2)cc1. The summed E-state index contributed by atoms with van der Waals surface area (Å²) >= 11 is 0. The van der Waals surface area contributed by atoms with Crippen molar-refractivity contribution in [2.24, 2.45) is 0 Å². The molecule has 0 spiro atoms. The van der Waals surface area contributed by atoms with E-state index < -0.39 is 12.1 Å². The van der Waals surface area contributed by atoms with Crippen LogP contribution in [0, 0.1) is 11.3 Å². The Hall–Kier alpha value is -2.61. The molecule has 1 aromatic carbocycles. The maximum atomic E-state index is 12.5. The second-order valence-corrected chi connectivity index (χ2v) is 7.28. The molecule has 1 aliphatic rings. The first-order chi connectivity index (χ1) is 12.9. The Balaban J connectivity index is 2.03. The predicted octanol–water partition coefficient (Wildman–Crippen LogP) is 4.05.